The Morgan fingerprint density at radius 3 is 2.68 bits per heavy atom. The molecule has 1 aliphatic heterocycles. The third kappa shape index (κ3) is 5.08. The van der Waals surface area contributed by atoms with Crippen molar-refractivity contribution in [3.8, 4) is 17.3 Å². The van der Waals surface area contributed by atoms with Crippen LogP contribution in [0.4, 0.5) is 18.2 Å². The fourth-order valence-corrected chi connectivity index (χ4v) is 5.40. The van der Waals surface area contributed by atoms with Gasteiger partial charge in [0.25, 0.3) is 0 Å². The van der Waals surface area contributed by atoms with Crippen LogP contribution in [-0.2, 0) is 17.5 Å². The lowest BCUT2D eigenvalue weighted by molar-refractivity contribution is -0.137. The van der Waals surface area contributed by atoms with Crippen LogP contribution < -0.4 is 9.64 Å². The number of hydrogen-bond donors (Lipinski definition) is 0. The zero-order valence-corrected chi connectivity index (χ0v) is 21.0. The second-order valence-corrected chi connectivity index (χ2v) is 9.60. The van der Waals surface area contributed by atoms with Crippen LogP contribution in [0.2, 0.25) is 0 Å². The molecule has 5 rings (SSSR count). The second kappa shape index (κ2) is 9.96. The average Bonchev–Trinajstić information content (AvgIpc) is 3.50. The van der Waals surface area contributed by atoms with Crippen molar-refractivity contribution in [3.05, 3.63) is 48.1 Å². The van der Waals surface area contributed by atoms with Gasteiger partial charge in [-0.1, -0.05) is 11.3 Å². The monoisotopic (exact) mass is 531 g/mol. The first-order valence-corrected chi connectivity index (χ1v) is 12.5. The standard InChI is InChI=1S/C24H24F3N7O2S/c1-3-36-23-29-11-17(12-30-23)20-21(37-22(31-20)24(25,26)27)33-8-9-34(15(2)13-33)19(35)14-32-7-5-16-10-28-6-4-18(16)32/h4-7,10-12,15H,3,8-9,13-14H2,1-2H3/t15-/m1/s1. The molecule has 194 valence electrons. The topological polar surface area (TPSA) is 89.3 Å². The van der Waals surface area contributed by atoms with Crippen LogP contribution in [-0.4, -0.2) is 67.6 Å². The highest BCUT2D eigenvalue weighted by Gasteiger charge is 2.38. The molecule has 1 saturated heterocycles. The maximum absolute atomic E-state index is 13.6. The van der Waals surface area contributed by atoms with Crippen LogP contribution in [0.15, 0.2) is 43.1 Å². The van der Waals surface area contributed by atoms with E-state index in [4.69, 9.17) is 4.74 Å². The molecular formula is C24H24F3N7O2S. The highest BCUT2D eigenvalue weighted by atomic mass is 32.1. The quantitative estimate of drug-likeness (QED) is 0.370. The SMILES string of the molecule is CCOc1ncc(-c2nc(C(F)(F)F)sc2N2CCN(C(=O)Cn3ccc4cnccc43)[C@H](C)C2)cn1. The van der Waals surface area contributed by atoms with Gasteiger partial charge in [-0.3, -0.25) is 9.78 Å². The number of anilines is 1. The Balaban J connectivity index is 1.35. The van der Waals surface area contributed by atoms with Crippen LogP contribution in [0.5, 0.6) is 6.01 Å². The van der Waals surface area contributed by atoms with Crippen LogP contribution in [0.1, 0.15) is 18.9 Å². The molecule has 0 aromatic carbocycles. The lowest BCUT2D eigenvalue weighted by Gasteiger charge is -2.40. The molecule has 37 heavy (non-hydrogen) atoms. The number of piperazine rings is 1. The summed E-state index contributed by atoms with van der Waals surface area (Å²) in [6.45, 7) is 5.34. The first-order valence-electron chi connectivity index (χ1n) is 11.7. The van der Waals surface area contributed by atoms with Crippen molar-refractivity contribution in [2.75, 3.05) is 31.1 Å². The highest BCUT2D eigenvalue weighted by molar-refractivity contribution is 7.16. The maximum atomic E-state index is 13.6. The number of pyridine rings is 1. The number of carbonyl (C=O) groups is 1. The summed E-state index contributed by atoms with van der Waals surface area (Å²) in [6.07, 6.45) is 3.53. The van der Waals surface area contributed by atoms with E-state index >= 15 is 0 Å². The minimum absolute atomic E-state index is 0.0538. The smallest absolute Gasteiger partial charge is 0.443 e. The van der Waals surface area contributed by atoms with Crippen molar-refractivity contribution in [3.63, 3.8) is 0 Å². The highest BCUT2D eigenvalue weighted by Crippen LogP contribution is 2.43. The van der Waals surface area contributed by atoms with Gasteiger partial charge in [-0.05, 0) is 26.0 Å². The van der Waals surface area contributed by atoms with Crippen LogP contribution in [0.3, 0.4) is 0 Å². The third-order valence-electron chi connectivity index (χ3n) is 6.14. The molecule has 1 aliphatic rings. The van der Waals surface area contributed by atoms with Crippen molar-refractivity contribution in [2.45, 2.75) is 32.6 Å². The van der Waals surface area contributed by atoms with Crippen LogP contribution >= 0.6 is 11.3 Å². The van der Waals surface area contributed by atoms with Crippen molar-refractivity contribution in [2.24, 2.45) is 0 Å². The molecule has 0 spiro atoms. The Labute approximate surface area is 214 Å². The number of hydrogen-bond acceptors (Lipinski definition) is 8. The summed E-state index contributed by atoms with van der Waals surface area (Å²) in [5.74, 6) is -0.0538. The van der Waals surface area contributed by atoms with Gasteiger partial charge >= 0.3 is 12.2 Å². The number of rotatable bonds is 6. The molecule has 0 bridgehead atoms. The largest absolute Gasteiger partial charge is 0.464 e. The van der Waals surface area contributed by atoms with Gasteiger partial charge in [0.1, 0.15) is 17.2 Å². The molecule has 0 unspecified atom stereocenters. The lowest BCUT2D eigenvalue weighted by atomic mass is 10.1. The number of aromatic nitrogens is 5. The predicted octanol–water partition coefficient (Wildman–Crippen LogP) is 4.10. The molecule has 0 aliphatic carbocycles. The number of nitrogens with zero attached hydrogens (tertiary/aromatic N) is 7. The van der Waals surface area contributed by atoms with Crippen LogP contribution in [0.25, 0.3) is 22.2 Å². The molecule has 4 aromatic rings. The molecule has 1 fully saturated rings. The van der Waals surface area contributed by atoms with Crippen molar-refractivity contribution >= 4 is 33.1 Å². The minimum Gasteiger partial charge on any atom is -0.464 e. The fraction of sp³-hybridized carbons (Fsp3) is 0.375. The average molecular weight is 532 g/mol. The predicted molar refractivity (Wildman–Crippen MR) is 132 cm³/mol. The molecule has 13 heteroatoms. The molecule has 4 aromatic heterocycles. The number of amides is 1. The second-order valence-electron chi connectivity index (χ2n) is 8.62. The third-order valence-corrected chi connectivity index (χ3v) is 7.30. The Morgan fingerprint density at radius 1 is 1.19 bits per heavy atom. The number of fused-ring (bicyclic) bond motifs is 1. The van der Waals surface area contributed by atoms with Gasteiger partial charge in [-0.2, -0.15) is 13.2 Å². The van der Waals surface area contributed by atoms with E-state index < -0.39 is 11.2 Å². The Morgan fingerprint density at radius 2 is 1.97 bits per heavy atom. The zero-order chi connectivity index (χ0) is 26.2. The Kier molecular flexibility index (Phi) is 6.71. The van der Waals surface area contributed by atoms with Gasteiger partial charge in [0.15, 0.2) is 0 Å². The lowest BCUT2D eigenvalue weighted by Crippen LogP contribution is -2.54. The number of alkyl halides is 3. The summed E-state index contributed by atoms with van der Waals surface area (Å²) in [5.41, 5.74) is 1.45. The van der Waals surface area contributed by atoms with Gasteiger partial charge in [-0.15, -0.1) is 0 Å². The van der Waals surface area contributed by atoms with E-state index in [1.54, 1.807) is 24.2 Å². The zero-order valence-electron chi connectivity index (χ0n) is 20.1. The molecule has 1 amide bonds. The molecule has 0 radical (unpaired) electrons. The summed E-state index contributed by atoms with van der Waals surface area (Å²) in [6, 6.07) is 3.70. The molecule has 9 nitrogen and oxygen atoms in total. The first kappa shape index (κ1) is 24.9. The van der Waals surface area contributed by atoms with E-state index in [9.17, 15) is 18.0 Å². The Hall–Kier alpha value is -3.74. The molecule has 1 atom stereocenters. The summed E-state index contributed by atoms with van der Waals surface area (Å²) in [4.78, 5) is 32.9. The summed E-state index contributed by atoms with van der Waals surface area (Å²) in [7, 11) is 0. The molecule has 0 N–H and O–H groups in total. The van der Waals surface area contributed by atoms with E-state index in [0.29, 0.717) is 48.1 Å². The summed E-state index contributed by atoms with van der Waals surface area (Å²) >= 11 is 0.589. The van der Waals surface area contributed by atoms with E-state index in [2.05, 4.69) is 19.9 Å². The number of thiazole rings is 1. The van der Waals surface area contributed by atoms with Crippen molar-refractivity contribution < 1.29 is 22.7 Å². The van der Waals surface area contributed by atoms with Gasteiger partial charge in [0, 0.05) is 67.6 Å². The molecular weight excluding hydrogens is 507 g/mol. The normalized spacial score (nSPS) is 16.4. The number of halogens is 3. The van der Waals surface area contributed by atoms with Crippen molar-refractivity contribution in [1.29, 1.82) is 0 Å². The van der Waals surface area contributed by atoms with E-state index in [-0.39, 0.29) is 30.2 Å². The summed E-state index contributed by atoms with van der Waals surface area (Å²) in [5, 5.41) is 0.388. The van der Waals surface area contributed by atoms with Gasteiger partial charge in [0.05, 0.1) is 12.1 Å². The van der Waals surface area contributed by atoms with E-state index in [1.165, 1.54) is 12.4 Å². The fourth-order valence-electron chi connectivity index (χ4n) is 4.40. The Bertz CT molecular complexity index is 1400. The minimum atomic E-state index is -4.58. The molecule has 0 saturated carbocycles. The van der Waals surface area contributed by atoms with E-state index in [0.717, 1.165) is 10.9 Å². The maximum Gasteiger partial charge on any atom is 0.443 e. The molecule has 5 heterocycles. The van der Waals surface area contributed by atoms with Gasteiger partial charge < -0.3 is 19.1 Å². The first-order chi connectivity index (χ1) is 17.7. The van der Waals surface area contributed by atoms with Crippen LogP contribution in [0, 0.1) is 0 Å². The van der Waals surface area contributed by atoms with Gasteiger partial charge in [-0.25, -0.2) is 15.0 Å². The summed E-state index contributed by atoms with van der Waals surface area (Å²) < 4.78 is 47.9. The van der Waals surface area contributed by atoms with Gasteiger partial charge in [0.2, 0.25) is 10.9 Å². The van der Waals surface area contributed by atoms with Crippen molar-refractivity contribution in [1.82, 2.24) is 29.4 Å². The number of carbonyl (C=O) groups excluding carboxylic acids is 1. The van der Waals surface area contributed by atoms with E-state index in [1.807, 2.05) is 34.7 Å². The number of ether oxygens (including phenoxy) is 1.